The number of unbranched alkanes of at least 4 members (excludes halogenated alkanes) is 2. The Morgan fingerprint density at radius 3 is 2.00 bits per heavy atom. The summed E-state index contributed by atoms with van der Waals surface area (Å²) in [6, 6.07) is 14.7. The van der Waals surface area contributed by atoms with Crippen LogP contribution in [0, 0.1) is 41.1 Å². The van der Waals surface area contributed by atoms with Crippen molar-refractivity contribution < 1.29 is 13.2 Å². The van der Waals surface area contributed by atoms with E-state index in [4.69, 9.17) is 0 Å². The zero-order valence-electron chi connectivity index (χ0n) is 18.1. The molecule has 0 N–H and O–H groups in total. The second-order valence-corrected chi connectivity index (χ2v) is 8.19. The summed E-state index contributed by atoms with van der Waals surface area (Å²) in [5.41, 5.74) is 1.66. The third kappa shape index (κ3) is 6.46. The normalized spacial score (nSPS) is 10.2. The monoisotopic (exact) mass is 448 g/mol. The first kappa shape index (κ1) is 23.6. The summed E-state index contributed by atoms with van der Waals surface area (Å²) < 4.78 is 43.1. The van der Waals surface area contributed by atoms with Crippen molar-refractivity contribution >= 4 is 11.8 Å². The second kappa shape index (κ2) is 11.5. The molecule has 162 valence electrons. The zero-order valence-corrected chi connectivity index (χ0v) is 18.9. The van der Waals surface area contributed by atoms with Gasteiger partial charge >= 0.3 is 0 Å². The molecule has 0 spiro atoms. The van der Waals surface area contributed by atoms with E-state index in [2.05, 4.69) is 30.6 Å². The summed E-state index contributed by atoms with van der Waals surface area (Å²) >= 11 is 1.64. The summed E-state index contributed by atoms with van der Waals surface area (Å²) in [6.07, 6.45) is 5.57. The van der Waals surface area contributed by atoms with Crippen LogP contribution in [0.1, 0.15) is 54.0 Å². The van der Waals surface area contributed by atoms with Gasteiger partial charge in [-0.25, -0.2) is 13.2 Å². The van der Waals surface area contributed by atoms with Crippen LogP contribution in [0.15, 0.2) is 59.5 Å². The fourth-order valence-corrected chi connectivity index (χ4v) is 3.52. The highest BCUT2D eigenvalue weighted by atomic mass is 32.2. The SMILES string of the molecule is CCCCCc1cc(F)c(C#Cc2ccc(C#Cc3ccc(SC)cc3)c(F)c2)c(F)c1. The van der Waals surface area contributed by atoms with Crippen LogP contribution < -0.4 is 0 Å². The van der Waals surface area contributed by atoms with Gasteiger partial charge in [0.15, 0.2) is 0 Å². The number of hydrogen-bond donors (Lipinski definition) is 0. The first-order valence-electron chi connectivity index (χ1n) is 10.5. The van der Waals surface area contributed by atoms with E-state index in [9.17, 15) is 13.2 Å². The van der Waals surface area contributed by atoms with E-state index in [1.807, 2.05) is 30.5 Å². The maximum Gasteiger partial charge on any atom is 0.142 e. The Kier molecular flexibility index (Phi) is 8.48. The average Bonchev–Trinajstić information content (AvgIpc) is 2.78. The molecule has 0 aromatic heterocycles. The van der Waals surface area contributed by atoms with Crippen molar-refractivity contribution in [2.24, 2.45) is 0 Å². The van der Waals surface area contributed by atoms with Gasteiger partial charge < -0.3 is 0 Å². The molecule has 0 amide bonds. The van der Waals surface area contributed by atoms with Crippen LogP contribution in [0.4, 0.5) is 13.2 Å². The first-order chi connectivity index (χ1) is 15.5. The molecule has 0 atom stereocenters. The summed E-state index contributed by atoms with van der Waals surface area (Å²) in [6.45, 7) is 2.08. The molecule has 4 heteroatoms. The minimum Gasteiger partial charge on any atom is -0.206 e. The first-order valence-corrected chi connectivity index (χ1v) is 11.7. The van der Waals surface area contributed by atoms with Crippen molar-refractivity contribution in [2.75, 3.05) is 6.26 Å². The molecule has 0 aliphatic rings. The highest BCUT2D eigenvalue weighted by molar-refractivity contribution is 7.98. The van der Waals surface area contributed by atoms with Gasteiger partial charge in [-0.3, -0.25) is 0 Å². The predicted octanol–water partition coefficient (Wildman–Crippen LogP) is 7.36. The van der Waals surface area contributed by atoms with Gasteiger partial charge in [0.2, 0.25) is 0 Å². The Balaban J connectivity index is 1.76. The van der Waals surface area contributed by atoms with E-state index < -0.39 is 17.5 Å². The zero-order chi connectivity index (χ0) is 22.9. The Morgan fingerprint density at radius 1 is 0.719 bits per heavy atom. The minimum absolute atomic E-state index is 0.235. The largest absolute Gasteiger partial charge is 0.206 e. The quantitative estimate of drug-likeness (QED) is 0.223. The molecule has 0 fully saturated rings. The van der Waals surface area contributed by atoms with Crippen molar-refractivity contribution in [3.8, 4) is 23.7 Å². The lowest BCUT2D eigenvalue weighted by molar-refractivity contribution is 0.572. The Bertz CT molecular complexity index is 1180. The van der Waals surface area contributed by atoms with Crippen LogP contribution in [-0.2, 0) is 6.42 Å². The lowest BCUT2D eigenvalue weighted by Crippen LogP contribution is -1.95. The van der Waals surface area contributed by atoms with Gasteiger partial charge in [0.25, 0.3) is 0 Å². The van der Waals surface area contributed by atoms with E-state index >= 15 is 0 Å². The number of thioether (sulfide) groups is 1. The molecule has 0 heterocycles. The lowest BCUT2D eigenvalue weighted by Gasteiger charge is -2.04. The number of benzene rings is 3. The number of halogens is 3. The van der Waals surface area contributed by atoms with E-state index in [0.29, 0.717) is 17.5 Å². The van der Waals surface area contributed by atoms with Crippen LogP contribution in [0.5, 0.6) is 0 Å². The van der Waals surface area contributed by atoms with Gasteiger partial charge in [-0.05, 0) is 79.3 Å². The van der Waals surface area contributed by atoms with Crippen molar-refractivity contribution in [1.82, 2.24) is 0 Å². The fourth-order valence-electron chi connectivity index (χ4n) is 3.11. The molecule has 0 saturated heterocycles. The standard InChI is InChI=1S/C28H23F3S/c1-3-4-5-6-22-18-27(30)25(28(31)19-22)16-11-21-8-13-23(26(29)17-21)12-7-20-9-14-24(32-2)15-10-20/h8-10,13-15,17-19H,3-6H2,1-2H3. The second-order valence-electron chi connectivity index (χ2n) is 7.31. The number of rotatable bonds is 5. The molecule has 0 saturated carbocycles. The van der Waals surface area contributed by atoms with Gasteiger partial charge in [-0.1, -0.05) is 43.4 Å². The molecule has 0 aliphatic carbocycles. The third-order valence-electron chi connectivity index (χ3n) is 4.90. The van der Waals surface area contributed by atoms with Crippen LogP contribution in [0.3, 0.4) is 0 Å². The minimum atomic E-state index is -0.695. The van der Waals surface area contributed by atoms with Crippen molar-refractivity contribution in [3.05, 3.63) is 99.9 Å². The van der Waals surface area contributed by atoms with Crippen LogP contribution >= 0.6 is 11.8 Å². The van der Waals surface area contributed by atoms with E-state index in [0.717, 1.165) is 29.7 Å². The molecular formula is C28H23F3S. The van der Waals surface area contributed by atoms with Gasteiger partial charge in [0, 0.05) is 16.0 Å². The molecule has 0 nitrogen and oxygen atoms in total. The van der Waals surface area contributed by atoms with Crippen LogP contribution in [0.25, 0.3) is 0 Å². The summed E-state index contributed by atoms with van der Waals surface area (Å²) in [5, 5.41) is 0. The number of hydrogen-bond acceptors (Lipinski definition) is 1. The van der Waals surface area contributed by atoms with Gasteiger partial charge in [0.1, 0.15) is 17.5 Å². The number of aryl methyl sites for hydroxylation is 1. The predicted molar refractivity (Wildman–Crippen MR) is 126 cm³/mol. The molecule has 3 aromatic carbocycles. The third-order valence-corrected chi connectivity index (χ3v) is 5.65. The van der Waals surface area contributed by atoms with Crippen molar-refractivity contribution in [3.63, 3.8) is 0 Å². The van der Waals surface area contributed by atoms with Gasteiger partial charge in [0.05, 0.1) is 11.1 Å². The maximum absolute atomic E-state index is 14.4. The Hall–Kier alpha value is -3.08. The molecule has 0 bridgehead atoms. The maximum atomic E-state index is 14.4. The summed E-state index contributed by atoms with van der Waals surface area (Å²) in [7, 11) is 0. The Labute approximate surface area is 192 Å². The van der Waals surface area contributed by atoms with E-state index in [-0.39, 0.29) is 11.1 Å². The summed E-state index contributed by atoms with van der Waals surface area (Å²) in [5.74, 6) is 8.98. The fraction of sp³-hybridized carbons (Fsp3) is 0.214. The molecular weight excluding hydrogens is 425 g/mol. The van der Waals surface area contributed by atoms with Crippen LogP contribution in [-0.4, -0.2) is 6.26 Å². The summed E-state index contributed by atoms with van der Waals surface area (Å²) in [4.78, 5) is 1.13. The van der Waals surface area contributed by atoms with Gasteiger partial charge in [-0.2, -0.15) is 0 Å². The molecule has 3 rings (SSSR count). The molecule has 0 aliphatic heterocycles. The molecule has 32 heavy (non-hydrogen) atoms. The highest BCUT2D eigenvalue weighted by Crippen LogP contribution is 2.18. The lowest BCUT2D eigenvalue weighted by atomic mass is 10.0. The highest BCUT2D eigenvalue weighted by Gasteiger charge is 2.09. The van der Waals surface area contributed by atoms with Gasteiger partial charge in [-0.15, -0.1) is 11.8 Å². The molecule has 0 radical (unpaired) electrons. The average molecular weight is 449 g/mol. The van der Waals surface area contributed by atoms with E-state index in [1.165, 1.54) is 24.3 Å². The topological polar surface area (TPSA) is 0 Å². The van der Waals surface area contributed by atoms with E-state index in [1.54, 1.807) is 17.8 Å². The molecule has 3 aromatic rings. The Morgan fingerprint density at radius 2 is 1.38 bits per heavy atom. The van der Waals surface area contributed by atoms with Crippen molar-refractivity contribution in [1.29, 1.82) is 0 Å². The van der Waals surface area contributed by atoms with Crippen molar-refractivity contribution in [2.45, 2.75) is 37.5 Å². The smallest absolute Gasteiger partial charge is 0.142 e. The van der Waals surface area contributed by atoms with Crippen LogP contribution in [0.2, 0.25) is 0 Å². The molecule has 0 unspecified atom stereocenters.